The van der Waals surface area contributed by atoms with Gasteiger partial charge in [-0.25, -0.2) is 9.18 Å². The number of amides is 1. The molecular formula is C21H19FN6O6S. The average Bonchev–Trinajstić information content (AvgIpc) is 3.48. The molecule has 0 radical (unpaired) electrons. The van der Waals surface area contributed by atoms with Gasteiger partial charge in [0.25, 0.3) is 5.91 Å². The first-order valence-electron chi connectivity index (χ1n) is 10.0. The predicted octanol–water partition coefficient (Wildman–Crippen LogP) is 2.35. The van der Waals surface area contributed by atoms with Gasteiger partial charge in [-0.3, -0.25) is 10.1 Å². The maximum absolute atomic E-state index is 14.8. The number of halogens is 1. The summed E-state index contributed by atoms with van der Waals surface area (Å²) in [5.41, 5.74) is 4.71. The number of nitrogens with two attached hydrogens (primary N) is 1. The third-order valence-corrected chi connectivity index (χ3v) is 5.43. The highest BCUT2D eigenvalue weighted by Crippen LogP contribution is 2.37. The van der Waals surface area contributed by atoms with E-state index in [0.29, 0.717) is 10.9 Å². The zero-order valence-electron chi connectivity index (χ0n) is 18.5. The van der Waals surface area contributed by atoms with Gasteiger partial charge >= 0.3 is 5.63 Å². The van der Waals surface area contributed by atoms with Gasteiger partial charge < -0.3 is 24.4 Å². The lowest BCUT2D eigenvalue weighted by molar-refractivity contribution is 0.0990. The maximum atomic E-state index is 14.8. The molecule has 1 amide bonds. The minimum absolute atomic E-state index is 0.0132. The standard InChI is InChI=1S/C21H19FN6O6S/c1-31-8-9-33-17-11(16-12(22)4-3-5-13(16)32-2)10-14(34-19(17)30)18(29)25-20-26-27-21(35-20)28-15(23)6-7-24-28/h3-7,10H,8-9,23H2,1-2H3,(H,25,26,29). The van der Waals surface area contributed by atoms with Crippen molar-refractivity contribution >= 4 is 28.2 Å². The van der Waals surface area contributed by atoms with Crippen LogP contribution >= 0.6 is 11.3 Å². The van der Waals surface area contributed by atoms with Crippen molar-refractivity contribution in [3.63, 3.8) is 0 Å². The van der Waals surface area contributed by atoms with E-state index in [1.807, 2.05) is 0 Å². The fourth-order valence-corrected chi connectivity index (χ4v) is 3.78. The molecule has 0 fully saturated rings. The Kier molecular flexibility index (Phi) is 7.03. The SMILES string of the molecule is COCCOc1c(-c2c(F)cccc2OC)cc(C(=O)Nc2nnc(-n3nccc3N)s2)oc1=O. The summed E-state index contributed by atoms with van der Waals surface area (Å²) in [5, 5.41) is 14.7. The van der Waals surface area contributed by atoms with Crippen molar-refractivity contribution in [1.29, 1.82) is 0 Å². The van der Waals surface area contributed by atoms with Crippen molar-refractivity contribution in [3.05, 3.63) is 58.5 Å². The van der Waals surface area contributed by atoms with Gasteiger partial charge in [-0.2, -0.15) is 9.78 Å². The molecule has 4 aromatic rings. The minimum atomic E-state index is -0.990. The van der Waals surface area contributed by atoms with E-state index in [0.717, 1.165) is 11.3 Å². The van der Waals surface area contributed by atoms with Crippen LogP contribution in [0.1, 0.15) is 10.6 Å². The zero-order valence-corrected chi connectivity index (χ0v) is 19.3. The van der Waals surface area contributed by atoms with Crippen LogP contribution in [0.15, 0.2) is 45.7 Å². The molecule has 4 rings (SSSR count). The van der Waals surface area contributed by atoms with Crippen molar-refractivity contribution in [2.45, 2.75) is 0 Å². The Morgan fingerprint density at radius 1 is 1.26 bits per heavy atom. The Morgan fingerprint density at radius 3 is 2.80 bits per heavy atom. The molecular weight excluding hydrogens is 483 g/mol. The molecule has 3 aromatic heterocycles. The Morgan fingerprint density at radius 2 is 2.09 bits per heavy atom. The summed E-state index contributed by atoms with van der Waals surface area (Å²) in [6, 6.07) is 6.91. The van der Waals surface area contributed by atoms with Crippen LogP contribution in [0, 0.1) is 5.82 Å². The van der Waals surface area contributed by atoms with E-state index >= 15 is 0 Å². The molecule has 0 spiro atoms. The van der Waals surface area contributed by atoms with E-state index in [1.165, 1.54) is 49.4 Å². The normalized spacial score (nSPS) is 10.8. The molecule has 3 heterocycles. The fraction of sp³-hybridized carbons (Fsp3) is 0.190. The molecule has 1 aromatic carbocycles. The van der Waals surface area contributed by atoms with Crippen LogP contribution in [0.4, 0.5) is 15.3 Å². The molecule has 0 aliphatic heterocycles. The number of nitrogens with zero attached hydrogens (tertiary/aromatic N) is 4. The summed E-state index contributed by atoms with van der Waals surface area (Å²) in [7, 11) is 2.81. The van der Waals surface area contributed by atoms with Crippen LogP contribution in [0.2, 0.25) is 0 Å². The Hall–Kier alpha value is -4.30. The minimum Gasteiger partial charge on any atom is -0.496 e. The van der Waals surface area contributed by atoms with Crippen molar-refractivity contribution in [2.75, 3.05) is 38.5 Å². The molecule has 0 bridgehead atoms. The molecule has 0 aliphatic carbocycles. The number of anilines is 2. The van der Waals surface area contributed by atoms with E-state index in [4.69, 9.17) is 24.4 Å². The molecule has 0 saturated carbocycles. The van der Waals surface area contributed by atoms with Gasteiger partial charge in [-0.15, -0.1) is 10.2 Å². The number of hydrogen-bond donors (Lipinski definition) is 2. The highest BCUT2D eigenvalue weighted by Gasteiger charge is 2.24. The number of aromatic nitrogens is 4. The third kappa shape index (κ3) is 4.97. The summed E-state index contributed by atoms with van der Waals surface area (Å²) >= 11 is 0.986. The number of hydrogen-bond acceptors (Lipinski definition) is 11. The Bertz CT molecular complexity index is 1420. The molecule has 0 unspecified atom stereocenters. The summed E-state index contributed by atoms with van der Waals surface area (Å²) in [5.74, 6) is -1.76. The fourth-order valence-electron chi connectivity index (χ4n) is 3.06. The number of ether oxygens (including phenoxy) is 3. The van der Waals surface area contributed by atoms with Crippen LogP contribution in [0.25, 0.3) is 16.3 Å². The molecule has 0 saturated heterocycles. The Labute approximate surface area is 201 Å². The third-order valence-electron chi connectivity index (χ3n) is 4.62. The lowest BCUT2D eigenvalue weighted by Gasteiger charge is -2.14. The van der Waals surface area contributed by atoms with Gasteiger partial charge in [0.2, 0.25) is 16.0 Å². The molecule has 0 aliphatic rings. The van der Waals surface area contributed by atoms with E-state index in [-0.39, 0.29) is 41.0 Å². The van der Waals surface area contributed by atoms with Crippen LogP contribution in [0.5, 0.6) is 11.5 Å². The zero-order chi connectivity index (χ0) is 24.9. The van der Waals surface area contributed by atoms with Crippen LogP contribution < -0.4 is 26.1 Å². The van der Waals surface area contributed by atoms with Gasteiger partial charge in [0.15, 0.2) is 5.76 Å². The smallest absolute Gasteiger partial charge is 0.379 e. The topological polar surface area (TPSA) is 157 Å². The maximum Gasteiger partial charge on any atom is 0.379 e. The molecule has 0 atom stereocenters. The van der Waals surface area contributed by atoms with Gasteiger partial charge in [0, 0.05) is 18.7 Å². The number of nitrogen functional groups attached to an aromatic ring is 1. The number of rotatable bonds is 9. The van der Waals surface area contributed by atoms with Crippen LogP contribution in [0.3, 0.4) is 0 Å². The highest BCUT2D eigenvalue weighted by atomic mass is 32.1. The first kappa shape index (κ1) is 23.8. The highest BCUT2D eigenvalue weighted by molar-refractivity contribution is 7.17. The largest absolute Gasteiger partial charge is 0.496 e. The monoisotopic (exact) mass is 502 g/mol. The van der Waals surface area contributed by atoms with Gasteiger partial charge in [0.05, 0.1) is 25.5 Å². The summed E-state index contributed by atoms with van der Waals surface area (Å²) in [4.78, 5) is 25.7. The second-order valence-electron chi connectivity index (χ2n) is 6.81. The van der Waals surface area contributed by atoms with E-state index < -0.39 is 23.1 Å². The van der Waals surface area contributed by atoms with Crippen molar-refractivity contribution in [3.8, 4) is 27.8 Å². The predicted molar refractivity (Wildman–Crippen MR) is 124 cm³/mol. The number of carbonyl (C=O) groups excluding carboxylic acids is 1. The van der Waals surface area contributed by atoms with E-state index in [2.05, 4.69) is 20.6 Å². The van der Waals surface area contributed by atoms with Gasteiger partial charge in [0.1, 0.15) is 24.0 Å². The average molecular weight is 502 g/mol. The second-order valence-corrected chi connectivity index (χ2v) is 7.77. The lowest BCUT2D eigenvalue weighted by atomic mass is 10.0. The molecule has 35 heavy (non-hydrogen) atoms. The van der Waals surface area contributed by atoms with Crippen molar-refractivity contribution < 1.29 is 27.8 Å². The summed E-state index contributed by atoms with van der Waals surface area (Å²) < 4.78 is 37.0. The lowest BCUT2D eigenvalue weighted by Crippen LogP contribution is -2.18. The van der Waals surface area contributed by atoms with Gasteiger partial charge in [-0.05, 0) is 18.2 Å². The summed E-state index contributed by atoms with van der Waals surface area (Å²) in [6.07, 6.45) is 1.48. The Balaban J connectivity index is 1.71. The van der Waals surface area contributed by atoms with Crippen LogP contribution in [-0.4, -0.2) is 53.3 Å². The first-order valence-corrected chi connectivity index (χ1v) is 10.8. The van der Waals surface area contributed by atoms with Crippen molar-refractivity contribution in [2.24, 2.45) is 0 Å². The van der Waals surface area contributed by atoms with Crippen molar-refractivity contribution in [1.82, 2.24) is 20.0 Å². The van der Waals surface area contributed by atoms with E-state index in [1.54, 1.807) is 6.07 Å². The number of benzene rings is 1. The first-order chi connectivity index (χ1) is 16.9. The van der Waals surface area contributed by atoms with E-state index in [9.17, 15) is 14.0 Å². The molecule has 182 valence electrons. The van der Waals surface area contributed by atoms with Crippen LogP contribution in [-0.2, 0) is 4.74 Å². The number of nitrogens with one attached hydrogen (secondary N) is 1. The second kappa shape index (κ2) is 10.3. The summed E-state index contributed by atoms with van der Waals surface area (Å²) in [6.45, 7) is 0.149. The molecule has 3 N–H and O–H groups in total. The molecule has 14 heteroatoms. The number of carbonyl (C=O) groups is 1. The molecule has 12 nitrogen and oxygen atoms in total. The number of methoxy groups -OCH3 is 2. The quantitative estimate of drug-likeness (QED) is 0.326. The van der Waals surface area contributed by atoms with Gasteiger partial charge in [-0.1, -0.05) is 17.4 Å².